The first-order valence-electron chi connectivity index (χ1n) is 9.63. The molecule has 0 spiro atoms. The van der Waals surface area contributed by atoms with Crippen molar-refractivity contribution in [2.75, 3.05) is 12.9 Å². The van der Waals surface area contributed by atoms with Crippen LogP contribution in [0.5, 0.6) is 0 Å². The van der Waals surface area contributed by atoms with E-state index in [-0.39, 0.29) is 11.5 Å². The van der Waals surface area contributed by atoms with Crippen LogP contribution in [0.4, 0.5) is 4.79 Å². The fourth-order valence-electron chi connectivity index (χ4n) is 2.59. The van der Waals surface area contributed by atoms with Crippen LogP contribution in [0.25, 0.3) is 0 Å². The van der Waals surface area contributed by atoms with Gasteiger partial charge in [-0.3, -0.25) is 9.63 Å². The molecule has 3 aromatic carbocycles. The van der Waals surface area contributed by atoms with Gasteiger partial charge in [-0.05, 0) is 60.7 Å². The van der Waals surface area contributed by atoms with Crippen molar-refractivity contribution in [2.45, 2.75) is 21.1 Å². The zero-order valence-electron chi connectivity index (χ0n) is 17.2. The summed E-state index contributed by atoms with van der Waals surface area (Å²) in [5.74, 6) is 0.264. The second-order valence-electron chi connectivity index (χ2n) is 6.40. The molecule has 0 bridgehead atoms. The maximum Gasteiger partial charge on any atom is 0.534 e. The Balaban J connectivity index is 1.67. The molecule has 0 N–H and O–H groups in total. The van der Waals surface area contributed by atoms with Crippen LogP contribution in [0.2, 0.25) is 5.02 Å². The van der Waals surface area contributed by atoms with Gasteiger partial charge in [-0.2, -0.15) is 0 Å². The fraction of sp³-hybridized carbons (Fsp3) is 0.125. The molecule has 8 heteroatoms. The molecule has 0 heterocycles. The van der Waals surface area contributed by atoms with Crippen molar-refractivity contribution in [3.8, 4) is 0 Å². The lowest BCUT2D eigenvalue weighted by Gasteiger charge is -2.07. The van der Waals surface area contributed by atoms with Gasteiger partial charge < -0.3 is 4.74 Å². The molecular weight excluding hydrogens is 466 g/mol. The maximum atomic E-state index is 13.0. The van der Waals surface area contributed by atoms with Crippen LogP contribution in [0.1, 0.15) is 16.8 Å². The van der Waals surface area contributed by atoms with Crippen LogP contribution in [0.15, 0.2) is 98.7 Å². The third-order valence-corrected chi connectivity index (χ3v) is 6.46. The van der Waals surface area contributed by atoms with E-state index in [0.29, 0.717) is 22.8 Å². The van der Waals surface area contributed by atoms with Gasteiger partial charge in [-0.25, -0.2) is 4.79 Å². The van der Waals surface area contributed by atoms with Crippen LogP contribution >= 0.6 is 35.1 Å². The van der Waals surface area contributed by atoms with Gasteiger partial charge in [0.05, 0.1) is 7.11 Å². The van der Waals surface area contributed by atoms with Crippen molar-refractivity contribution in [1.29, 1.82) is 0 Å². The van der Waals surface area contributed by atoms with Crippen molar-refractivity contribution in [1.82, 2.24) is 0 Å². The topological polar surface area (TPSA) is 65.0 Å². The second-order valence-corrected chi connectivity index (χ2v) is 9.16. The number of hydrogen-bond donors (Lipinski definition) is 0. The van der Waals surface area contributed by atoms with E-state index in [4.69, 9.17) is 16.4 Å². The van der Waals surface area contributed by atoms with E-state index >= 15 is 0 Å². The highest BCUT2D eigenvalue weighted by molar-refractivity contribution is 7.99. The Labute approximate surface area is 200 Å². The molecule has 0 aliphatic rings. The van der Waals surface area contributed by atoms with Crippen LogP contribution in [-0.4, -0.2) is 30.5 Å². The number of hydrogen-bond acceptors (Lipinski definition) is 7. The normalized spacial score (nSPS) is 11.1. The number of rotatable bonds is 9. The van der Waals surface area contributed by atoms with E-state index in [9.17, 15) is 9.59 Å². The lowest BCUT2D eigenvalue weighted by Crippen LogP contribution is -2.17. The average molecular weight is 486 g/mol. The number of ether oxygens (including phenoxy) is 1. The minimum Gasteiger partial charge on any atom is -0.436 e. The quantitative estimate of drug-likeness (QED) is 0.0812. The lowest BCUT2D eigenvalue weighted by atomic mass is 10.1. The Kier molecular flexibility index (Phi) is 9.22. The number of carbonyl (C=O) groups is 2. The number of methoxy groups -OCH3 is 1. The molecule has 0 radical (unpaired) electrons. The van der Waals surface area contributed by atoms with Gasteiger partial charge >= 0.3 is 6.16 Å². The molecular formula is C24H20ClNO4S2. The Bertz CT molecular complexity index is 1070. The minimum absolute atomic E-state index is 0.139. The van der Waals surface area contributed by atoms with E-state index in [2.05, 4.69) is 9.89 Å². The molecule has 0 saturated heterocycles. The van der Waals surface area contributed by atoms with E-state index in [1.165, 1.54) is 7.11 Å². The van der Waals surface area contributed by atoms with Gasteiger partial charge in [0.25, 0.3) is 0 Å². The number of Topliss-reactive ketones (excluding diaryl/α,β-unsaturated/α-hetero) is 1. The van der Waals surface area contributed by atoms with Gasteiger partial charge in [0.2, 0.25) is 5.78 Å². The van der Waals surface area contributed by atoms with Crippen molar-refractivity contribution in [3.05, 3.63) is 89.4 Å². The molecule has 0 atom stereocenters. The highest BCUT2D eigenvalue weighted by Gasteiger charge is 2.17. The summed E-state index contributed by atoms with van der Waals surface area (Å²) in [6.07, 6.45) is -0.667. The van der Waals surface area contributed by atoms with Crippen molar-refractivity contribution < 1.29 is 19.2 Å². The average Bonchev–Trinajstić information content (AvgIpc) is 2.83. The summed E-state index contributed by atoms with van der Waals surface area (Å²) in [7, 11) is 1.18. The number of benzene rings is 3. The molecule has 3 rings (SSSR count). The Hall–Kier alpha value is -2.74. The van der Waals surface area contributed by atoms with Gasteiger partial charge in [-0.1, -0.05) is 46.7 Å². The standard InChI is InChI=1S/C24H20ClNO4S2/c1-29-24(28)30-26-22(15-16-31-19-13-9-18(25)10-14-19)23(27)17-7-11-21(12-8-17)32-20-5-3-2-4-6-20/h2-14H,15-16H2,1H3/b26-22+. The molecule has 164 valence electrons. The summed E-state index contributed by atoms with van der Waals surface area (Å²) in [4.78, 5) is 32.2. The Morgan fingerprint density at radius 2 is 1.50 bits per heavy atom. The number of oxime groups is 1. The number of nitrogens with zero attached hydrogens (tertiary/aromatic N) is 1. The van der Waals surface area contributed by atoms with Crippen molar-refractivity contribution in [3.63, 3.8) is 0 Å². The lowest BCUT2D eigenvalue weighted by molar-refractivity contribution is 0.0747. The van der Waals surface area contributed by atoms with E-state index < -0.39 is 6.16 Å². The van der Waals surface area contributed by atoms with Gasteiger partial charge in [-0.15, -0.1) is 11.8 Å². The first kappa shape index (κ1) is 23.9. The molecule has 0 amide bonds. The summed E-state index contributed by atoms with van der Waals surface area (Å²) < 4.78 is 4.44. The molecule has 0 saturated carbocycles. The summed E-state index contributed by atoms with van der Waals surface area (Å²) >= 11 is 9.06. The van der Waals surface area contributed by atoms with E-state index in [0.717, 1.165) is 14.7 Å². The predicted octanol–water partition coefficient (Wildman–Crippen LogP) is 7.00. The van der Waals surface area contributed by atoms with Gasteiger partial charge in [0.15, 0.2) is 0 Å². The molecule has 3 aromatic rings. The number of thioether (sulfide) groups is 1. The molecule has 0 aromatic heterocycles. The first-order valence-corrected chi connectivity index (χ1v) is 11.8. The molecule has 0 unspecified atom stereocenters. The molecule has 5 nitrogen and oxygen atoms in total. The minimum atomic E-state index is -0.977. The number of ketones is 1. The largest absolute Gasteiger partial charge is 0.534 e. The first-order chi connectivity index (χ1) is 15.5. The van der Waals surface area contributed by atoms with Gasteiger partial charge in [0.1, 0.15) is 5.71 Å². The van der Waals surface area contributed by atoms with Crippen molar-refractivity contribution >= 4 is 52.8 Å². The molecule has 0 aliphatic heterocycles. The zero-order chi connectivity index (χ0) is 22.8. The number of halogens is 1. The van der Waals surface area contributed by atoms with Crippen molar-refractivity contribution in [2.24, 2.45) is 5.16 Å². The second kappa shape index (κ2) is 12.3. The van der Waals surface area contributed by atoms with Gasteiger partial charge in [0, 0.05) is 37.4 Å². The maximum absolute atomic E-state index is 13.0. The van der Waals surface area contributed by atoms with Crippen LogP contribution in [0.3, 0.4) is 0 Å². The van der Waals surface area contributed by atoms with E-state index in [1.807, 2.05) is 54.6 Å². The molecule has 0 fully saturated rings. The third-order valence-electron chi connectivity index (χ3n) is 4.18. The summed E-state index contributed by atoms with van der Waals surface area (Å²) in [6, 6.07) is 24.6. The predicted molar refractivity (Wildman–Crippen MR) is 129 cm³/mol. The van der Waals surface area contributed by atoms with Crippen LogP contribution < -0.4 is 0 Å². The van der Waals surface area contributed by atoms with Crippen LogP contribution in [-0.2, 0) is 9.57 Å². The summed E-state index contributed by atoms with van der Waals surface area (Å²) in [5.41, 5.74) is 0.603. The molecule has 32 heavy (non-hydrogen) atoms. The summed E-state index contributed by atoms with van der Waals surface area (Å²) in [5, 5.41) is 4.42. The Morgan fingerprint density at radius 3 is 2.16 bits per heavy atom. The number of carbonyl (C=O) groups excluding carboxylic acids is 2. The zero-order valence-corrected chi connectivity index (χ0v) is 19.6. The Morgan fingerprint density at radius 1 is 0.875 bits per heavy atom. The highest BCUT2D eigenvalue weighted by atomic mass is 35.5. The summed E-state index contributed by atoms with van der Waals surface area (Å²) in [6.45, 7) is 0. The highest BCUT2D eigenvalue weighted by Crippen LogP contribution is 2.27. The monoisotopic (exact) mass is 485 g/mol. The van der Waals surface area contributed by atoms with Crippen LogP contribution in [0, 0.1) is 0 Å². The van der Waals surface area contributed by atoms with E-state index in [1.54, 1.807) is 47.8 Å². The smallest absolute Gasteiger partial charge is 0.436 e. The molecule has 0 aliphatic carbocycles. The fourth-order valence-corrected chi connectivity index (χ4v) is 4.42. The third kappa shape index (κ3) is 7.44. The SMILES string of the molecule is COC(=O)O/N=C(\CCSc1ccc(Cl)cc1)C(=O)c1ccc(Sc2ccccc2)cc1.